The molecule has 0 bridgehead atoms. The third kappa shape index (κ3) is 8.02. The molecular weight excluding hydrogens is 346 g/mol. The number of carbonyl (C=O) groups is 1. The fourth-order valence-corrected chi connectivity index (χ4v) is 3.61. The topological polar surface area (TPSA) is 112 Å². The first-order valence-corrected chi connectivity index (χ1v) is 10.3. The van der Waals surface area contributed by atoms with E-state index in [1.165, 1.54) is 0 Å². The third-order valence-corrected chi connectivity index (χ3v) is 5.79. The van der Waals surface area contributed by atoms with Crippen molar-refractivity contribution < 1.29 is 17.9 Å². The number of aliphatic imine (C=N–C) groups is 1. The van der Waals surface area contributed by atoms with Crippen LogP contribution in [-0.2, 0) is 19.6 Å². The second-order valence-electron chi connectivity index (χ2n) is 5.76. The van der Waals surface area contributed by atoms with Crippen LogP contribution in [0.1, 0.15) is 26.7 Å². The quantitative estimate of drug-likeness (QED) is 0.273. The molecule has 0 spiro atoms. The molecule has 1 saturated heterocycles. The number of ether oxygens (including phenoxy) is 1. The van der Waals surface area contributed by atoms with Crippen molar-refractivity contribution in [3.8, 4) is 0 Å². The molecular formula is C15H31N5O4S. The van der Waals surface area contributed by atoms with Crippen molar-refractivity contribution >= 4 is 21.9 Å². The van der Waals surface area contributed by atoms with Crippen molar-refractivity contribution in [3.05, 3.63) is 0 Å². The van der Waals surface area contributed by atoms with Gasteiger partial charge in [-0.2, -0.15) is 0 Å². The monoisotopic (exact) mass is 377 g/mol. The minimum absolute atomic E-state index is 0.0299. The summed E-state index contributed by atoms with van der Waals surface area (Å²) in [5.74, 6) is 0.534. The molecule has 0 aromatic carbocycles. The van der Waals surface area contributed by atoms with Gasteiger partial charge in [0.1, 0.15) is 6.54 Å². The van der Waals surface area contributed by atoms with E-state index in [4.69, 9.17) is 4.74 Å². The van der Waals surface area contributed by atoms with E-state index < -0.39 is 10.0 Å². The average molecular weight is 378 g/mol. The molecule has 0 atom stereocenters. The fourth-order valence-electron chi connectivity index (χ4n) is 2.47. The normalized spacial score (nSPS) is 17.3. The second kappa shape index (κ2) is 11.3. The zero-order valence-corrected chi connectivity index (χ0v) is 16.2. The van der Waals surface area contributed by atoms with Gasteiger partial charge in [-0.15, -0.1) is 0 Å². The maximum absolute atomic E-state index is 11.9. The molecule has 0 aliphatic carbocycles. The Bertz CT molecular complexity index is 530. The van der Waals surface area contributed by atoms with Crippen LogP contribution in [-0.4, -0.2) is 82.8 Å². The Labute approximate surface area is 150 Å². The molecule has 0 unspecified atom stereocenters. The van der Waals surface area contributed by atoms with Crippen LogP contribution in [0.2, 0.25) is 0 Å². The molecule has 9 nitrogen and oxygen atoms in total. The number of methoxy groups -OCH3 is 1. The number of rotatable bonds is 9. The summed E-state index contributed by atoms with van der Waals surface area (Å²) in [5.41, 5.74) is 0. The van der Waals surface area contributed by atoms with Crippen molar-refractivity contribution in [2.45, 2.75) is 32.7 Å². The molecule has 3 N–H and O–H groups in total. The number of guanidine groups is 1. The van der Waals surface area contributed by atoms with Crippen LogP contribution in [0.15, 0.2) is 4.99 Å². The Balaban J connectivity index is 2.47. The highest BCUT2D eigenvalue weighted by molar-refractivity contribution is 7.89. The van der Waals surface area contributed by atoms with Crippen LogP contribution in [0, 0.1) is 0 Å². The van der Waals surface area contributed by atoms with Crippen molar-refractivity contribution in [1.29, 1.82) is 0 Å². The summed E-state index contributed by atoms with van der Waals surface area (Å²) in [5, 5.41) is 9.10. The minimum atomic E-state index is -3.12. The van der Waals surface area contributed by atoms with Crippen molar-refractivity contribution in [3.63, 3.8) is 0 Å². The molecule has 1 aliphatic rings. The number of hydrogen-bond acceptors (Lipinski definition) is 5. The van der Waals surface area contributed by atoms with Crippen molar-refractivity contribution in [2.24, 2.45) is 4.99 Å². The van der Waals surface area contributed by atoms with E-state index >= 15 is 0 Å². The first-order chi connectivity index (χ1) is 11.9. The Kier molecular flexibility index (Phi) is 9.76. The SMILES string of the molecule is CCNC(=NCC(=O)NCCOC)NC1CCN(S(=O)(=O)CC)CC1. The molecule has 25 heavy (non-hydrogen) atoms. The number of piperidine rings is 1. The molecule has 1 aliphatic heterocycles. The van der Waals surface area contributed by atoms with Gasteiger partial charge < -0.3 is 20.7 Å². The zero-order valence-electron chi connectivity index (χ0n) is 15.4. The van der Waals surface area contributed by atoms with Gasteiger partial charge in [-0.25, -0.2) is 17.7 Å². The van der Waals surface area contributed by atoms with Crippen molar-refractivity contribution in [2.75, 3.05) is 52.2 Å². The highest BCUT2D eigenvalue weighted by Crippen LogP contribution is 2.14. The lowest BCUT2D eigenvalue weighted by Gasteiger charge is -2.32. The number of sulfonamides is 1. The highest BCUT2D eigenvalue weighted by atomic mass is 32.2. The van der Waals surface area contributed by atoms with Gasteiger partial charge in [0.15, 0.2) is 5.96 Å². The molecule has 146 valence electrons. The number of amides is 1. The van der Waals surface area contributed by atoms with E-state index in [0.29, 0.717) is 51.6 Å². The van der Waals surface area contributed by atoms with Crippen LogP contribution in [0.25, 0.3) is 0 Å². The Morgan fingerprint density at radius 3 is 2.48 bits per heavy atom. The summed E-state index contributed by atoms with van der Waals surface area (Å²) >= 11 is 0. The van der Waals surface area contributed by atoms with E-state index in [1.54, 1.807) is 18.3 Å². The van der Waals surface area contributed by atoms with E-state index in [2.05, 4.69) is 20.9 Å². The number of nitrogens with zero attached hydrogens (tertiary/aromatic N) is 2. The average Bonchev–Trinajstić information content (AvgIpc) is 2.60. The second-order valence-corrected chi connectivity index (χ2v) is 8.01. The first kappa shape index (κ1) is 21.7. The summed E-state index contributed by atoms with van der Waals surface area (Å²) < 4.78 is 30.2. The lowest BCUT2D eigenvalue weighted by atomic mass is 10.1. The maximum Gasteiger partial charge on any atom is 0.241 e. The van der Waals surface area contributed by atoms with E-state index in [-0.39, 0.29) is 24.2 Å². The summed E-state index contributed by atoms with van der Waals surface area (Å²) in [6.45, 7) is 6.25. The number of hydrogen-bond donors (Lipinski definition) is 3. The summed E-state index contributed by atoms with van der Waals surface area (Å²) in [7, 11) is -1.54. The zero-order chi connectivity index (χ0) is 18.7. The minimum Gasteiger partial charge on any atom is -0.383 e. The van der Waals surface area contributed by atoms with Gasteiger partial charge >= 0.3 is 0 Å². The third-order valence-electron chi connectivity index (χ3n) is 3.91. The van der Waals surface area contributed by atoms with Gasteiger partial charge in [-0.05, 0) is 26.7 Å². The largest absolute Gasteiger partial charge is 0.383 e. The van der Waals surface area contributed by atoms with E-state index in [1.807, 2.05) is 6.92 Å². The van der Waals surface area contributed by atoms with Crippen LogP contribution in [0.3, 0.4) is 0 Å². The van der Waals surface area contributed by atoms with Gasteiger partial charge in [0.25, 0.3) is 0 Å². The first-order valence-electron chi connectivity index (χ1n) is 8.71. The summed E-state index contributed by atoms with van der Waals surface area (Å²) in [6.07, 6.45) is 1.42. The number of nitrogens with one attached hydrogen (secondary N) is 3. The number of carbonyl (C=O) groups excluding carboxylic acids is 1. The molecule has 10 heteroatoms. The Morgan fingerprint density at radius 1 is 1.24 bits per heavy atom. The van der Waals surface area contributed by atoms with Crippen LogP contribution in [0.5, 0.6) is 0 Å². The molecule has 1 heterocycles. The molecule has 0 aromatic rings. The molecule has 1 amide bonds. The summed E-state index contributed by atoms with van der Waals surface area (Å²) in [6, 6.07) is 0.137. The molecule has 0 radical (unpaired) electrons. The maximum atomic E-state index is 11.9. The molecule has 0 saturated carbocycles. The predicted octanol–water partition coefficient (Wildman–Crippen LogP) is -0.882. The molecule has 0 aromatic heterocycles. The van der Waals surface area contributed by atoms with Crippen molar-refractivity contribution in [1.82, 2.24) is 20.3 Å². The van der Waals surface area contributed by atoms with Gasteiger partial charge in [-0.3, -0.25) is 4.79 Å². The summed E-state index contributed by atoms with van der Waals surface area (Å²) in [4.78, 5) is 16.0. The smallest absolute Gasteiger partial charge is 0.241 e. The van der Waals surface area contributed by atoms with E-state index in [9.17, 15) is 13.2 Å². The van der Waals surface area contributed by atoms with Crippen LogP contribution in [0.4, 0.5) is 0 Å². The van der Waals surface area contributed by atoms with Gasteiger partial charge in [0.2, 0.25) is 15.9 Å². The standard InChI is InChI=1S/C15H31N5O4S/c1-4-16-15(18-12-14(21)17-8-11-24-3)19-13-6-9-20(10-7-13)25(22,23)5-2/h13H,4-12H2,1-3H3,(H,17,21)(H2,16,18,19). The Hall–Kier alpha value is -1.39. The van der Waals surface area contributed by atoms with Gasteiger partial charge in [-0.1, -0.05) is 0 Å². The van der Waals surface area contributed by atoms with Crippen LogP contribution >= 0.6 is 0 Å². The van der Waals surface area contributed by atoms with Gasteiger partial charge in [0, 0.05) is 39.3 Å². The highest BCUT2D eigenvalue weighted by Gasteiger charge is 2.26. The van der Waals surface area contributed by atoms with Crippen LogP contribution < -0.4 is 16.0 Å². The Morgan fingerprint density at radius 2 is 1.92 bits per heavy atom. The fraction of sp³-hybridized carbons (Fsp3) is 0.867. The lowest BCUT2D eigenvalue weighted by molar-refractivity contribution is -0.119. The lowest BCUT2D eigenvalue weighted by Crippen LogP contribution is -2.50. The van der Waals surface area contributed by atoms with E-state index in [0.717, 1.165) is 0 Å². The molecule has 1 rings (SSSR count). The predicted molar refractivity (Wildman–Crippen MR) is 98.1 cm³/mol. The molecule has 1 fully saturated rings. The van der Waals surface area contributed by atoms with Gasteiger partial charge in [0.05, 0.1) is 12.4 Å².